The number of rotatable bonds is 4. The minimum Gasteiger partial charge on any atom is -0.480 e. The maximum absolute atomic E-state index is 11.5. The molecule has 0 aromatic heterocycles. The fourth-order valence-electron chi connectivity index (χ4n) is 2.63. The molecule has 1 fully saturated rings. The monoisotopic (exact) mass is 242 g/mol. The van der Waals surface area contributed by atoms with E-state index in [4.69, 9.17) is 0 Å². The lowest BCUT2D eigenvalue weighted by Gasteiger charge is -2.38. The first-order chi connectivity index (χ1) is 7.91. The van der Waals surface area contributed by atoms with Crippen LogP contribution in [0.2, 0.25) is 0 Å². The zero-order chi connectivity index (χ0) is 13.1. The van der Waals surface area contributed by atoms with E-state index >= 15 is 0 Å². The highest BCUT2D eigenvalue weighted by molar-refractivity contribution is 5.84. The van der Waals surface area contributed by atoms with Crippen molar-refractivity contribution in [2.75, 3.05) is 7.05 Å². The van der Waals surface area contributed by atoms with Crippen LogP contribution in [-0.4, -0.2) is 35.6 Å². The van der Waals surface area contributed by atoms with Crippen molar-refractivity contribution in [1.29, 1.82) is 0 Å². The third-order valence-electron chi connectivity index (χ3n) is 3.54. The number of hydrogen-bond donors (Lipinski definition) is 3. The Balaban J connectivity index is 2.78. The second-order valence-electron chi connectivity index (χ2n) is 5.07. The standard InChI is InChI=1S/C12H22N2O3/c1-8-5-4-6-12(7-8,11(16)17)14-9(2)10(15)13-3/h8-9,14H,4-7H2,1-3H3,(H,13,15)(H,16,17). The molecule has 0 saturated heterocycles. The van der Waals surface area contributed by atoms with Gasteiger partial charge in [0.05, 0.1) is 6.04 Å². The smallest absolute Gasteiger partial charge is 0.323 e. The SMILES string of the molecule is CNC(=O)C(C)NC1(C(=O)O)CCCC(C)C1. The average molecular weight is 242 g/mol. The van der Waals surface area contributed by atoms with Gasteiger partial charge in [-0.25, -0.2) is 0 Å². The molecule has 1 saturated carbocycles. The molecule has 0 aromatic rings. The predicted molar refractivity (Wildman–Crippen MR) is 64.7 cm³/mol. The van der Waals surface area contributed by atoms with Gasteiger partial charge in [-0.15, -0.1) is 0 Å². The zero-order valence-electron chi connectivity index (χ0n) is 10.7. The van der Waals surface area contributed by atoms with Gasteiger partial charge in [0.2, 0.25) is 5.91 Å². The van der Waals surface area contributed by atoms with Crippen LogP contribution in [0.1, 0.15) is 39.5 Å². The first-order valence-corrected chi connectivity index (χ1v) is 6.14. The summed E-state index contributed by atoms with van der Waals surface area (Å²) in [6.45, 7) is 3.76. The van der Waals surface area contributed by atoms with Gasteiger partial charge in [-0.1, -0.05) is 19.8 Å². The van der Waals surface area contributed by atoms with Crippen LogP contribution >= 0.6 is 0 Å². The van der Waals surface area contributed by atoms with Crippen LogP contribution in [0.4, 0.5) is 0 Å². The second-order valence-corrected chi connectivity index (χ2v) is 5.07. The minimum absolute atomic E-state index is 0.177. The van der Waals surface area contributed by atoms with Crippen LogP contribution < -0.4 is 10.6 Å². The molecule has 0 spiro atoms. The number of carbonyl (C=O) groups excluding carboxylic acids is 1. The van der Waals surface area contributed by atoms with Gasteiger partial charge in [-0.05, 0) is 25.7 Å². The Morgan fingerprint density at radius 2 is 2.12 bits per heavy atom. The Kier molecular flexibility index (Phi) is 4.51. The van der Waals surface area contributed by atoms with Crippen LogP contribution in [0.3, 0.4) is 0 Å². The maximum atomic E-state index is 11.5. The molecule has 1 amide bonds. The fourth-order valence-corrected chi connectivity index (χ4v) is 2.63. The summed E-state index contributed by atoms with van der Waals surface area (Å²) in [6.07, 6.45) is 3.13. The third kappa shape index (κ3) is 3.19. The van der Waals surface area contributed by atoms with Crippen LogP contribution in [0.15, 0.2) is 0 Å². The Morgan fingerprint density at radius 1 is 1.47 bits per heavy atom. The second kappa shape index (κ2) is 5.49. The molecule has 5 nitrogen and oxygen atoms in total. The number of likely N-dealkylation sites (N-methyl/N-ethyl adjacent to an activating group) is 1. The molecule has 0 aromatic carbocycles. The molecule has 3 N–H and O–H groups in total. The molecular weight excluding hydrogens is 220 g/mol. The summed E-state index contributed by atoms with van der Waals surface area (Å²) in [5, 5.41) is 14.9. The van der Waals surface area contributed by atoms with E-state index in [9.17, 15) is 14.7 Å². The number of aliphatic carboxylic acids is 1. The van der Waals surface area contributed by atoms with Crippen molar-refractivity contribution in [3.63, 3.8) is 0 Å². The number of carbonyl (C=O) groups is 2. The topological polar surface area (TPSA) is 78.4 Å². The van der Waals surface area contributed by atoms with Crippen molar-refractivity contribution in [3.8, 4) is 0 Å². The first kappa shape index (κ1) is 14.0. The summed E-state index contributed by atoms with van der Waals surface area (Å²) in [6, 6.07) is -0.485. The summed E-state index contributed by atoms with van der Waals surface area (Å²) >= 11 is 0. The van der Waals surface area contributed by atoms with Gasteiger partial charge in [0.15, 0.2) is 0 Å². The van der Waals surface area contributed by atoms with Gasteiger partial charge < -0.3 is 10.4 Å². The quantitative estimate of drug-likeness (QED) is 0.679. The number of amides is 1. The molecule has 0 aliphatic heterocycles. The van der Waals surface area contributed by atoms with Crippen LogP contribution in [-0.2, 0) is 9.59 Å². The first-order valence-electron chi connectivity index (χ1n) is 6.14. The highest BCUT2D eigenvalue weighted by Crippen LogP contribution is 2.32. The van der Waals surface area contributed by atoms with E-state index in [1.807, 2.05) is 0 Å². The number of carboxylic acids is 1. The molecule has 5 heteroatoms. The highest BCUT2D eigenvalue weighted by Gasteiger charge is 2.43. The predicted octanol–water partition coefficient (Wildman–Crippen LogP) is 0.744. The van der Waals surface area contributed by atoms with E-state index in [0.717, 1.165) is 12.8 Å². The van der Waals surface area contributed by atoms with Crippen molar-refractivity contribution in [2.45, 2.75) is 51.1 Å². The van der Waals surface area contributed by atoms with Crippen molar-refractivity contribution in [1.82, 2.24) is 10.6 Å². The van der Waals surface area contributed by atoms with Gasteiger partial charge in [0.25, 0.3) is 0 Å². The molecule has 1 rings (SSSR count). The normalized spacial score (nSPS) is 30.6. The summed E-state index contributed by atoms with van der Waals surface area (Å²) < 4.78 is 0. The summed E-state index contributed by atoms with van der Waals surface area (Å²) in [4.78, 5) is 22.9. The molecule has 3 atom stereocenters. The van der Waals surface area contributed by atoms with Crippen LogP contribution in [0.5, 0.6) is 0 Å². The fraction of sp³-hybridized carbons (Fsp3) is 0.833. The Hall–Kier alpha value is -1.10. The molecule has 98 valence electrons. The number of carboxylic acid groups (broad SMARTS) is 1. The molecular formula is C12H22N2O3. The van der Waals surface area contributed by atoms with E-state index in [1.54, 1.807) is 14.0 Å². The van der Waals surface area contributed by atoms with Gasteiger partial charge in [0, 0.05) is 7.05 Å². The van der Waals surface area contributed by atoms with Crippen molar-refractivity contribution in [3.05, 3.63) is 0 Å². The summed E-state index contributed by atoms with van der Waals surface area (Å²) in [5.74, 6) is -0.645. The number of hydrogen-bond acceptors (Lipinski definition) is 3. The van der Waals surface area contributed by atoms with Crippen molar-refractivity contribution >= 4 is 11.9 Å². The molecule has 1 aliphatic rings. The highest BCUT2D eigenvalue weighted by atomic mass is 16.4. The van der Waals surface area contributed by atoms with E-state index in [1.165, 1.54) is 0 Å². The Morgan fingerprint density at radius 3 is 2.59 bits per heavy atom. The lowest BCUT2D eigenvalue weighted by molar-refractivity contribution is -0.148. The van der Waals surface area contributed by atoms with Crippen molar-refractivity contribution in [2.24, 2.45) is 5.92 Å². The minimum atomic E-state index is -0.941. The largest absolute Gasteiger partial charge is 0.480 e. The molecule has 0 heterocycles. The summed E-state index contributed by atoms with van der Waals surface area (Å²) in [5.41, 5.74) is -0.941. The lowest BCUT2D eigenvalue weighted by Crippen LogP contribution is -2.60. The summed E-state index contributed by atoms with van der Waals surface area (Å²) in [7, 11) is 1.55. The van der Waals surface area contributed by atoms with E-state index in [-0.39, 0.29) is 5.91 Å². The van der Waals surface area contributed by atoms with Gasteiger partial charge >= 0.3 is 5.97 Å². The van der Waals surface area contributed by atoms with Crippen LogP contribution in [0.25, 0.3) is 0 Å². The Bertz CT molecular complexity index is 306. The van der Waals surface area contributed by atoms with Crippen molar-refractivity contribution < 1.29 is 14.7 Å². The van der Waals surface area contributed by atoms with Gasteiger partial charge in [-0.2, -0.15) is 0 Å². The molecule has 1 aliphatic carbocycles. The molecule has 0 bridgehead atoms. The van der Waals surface area contributed by atoms with E-state index in [0.29, 0.717) is 18.8 Å². The van der Waals surface area contributed by atoms with Crippen LogP contribution in [0, 0.1) is 5.92 Å². The van der Waals surface area contributed by atoms with Gasteiger partial charge in [-0.3, -0.25) is 14.9 Å². The Labute approximate surface area is 102 Å². The van der Waals surface area contributed by atoms with E-state index in [2.05, 4.69) is 17.6 Å². The molecule has 17 heavy (non-hydrogen) atoms. The maximum Gasteiger partial charge on any atom is 0.323 e. The molecule has 0 radical (unpaired) electrons. The zero-order valence-corrected chi connectivity index (χ0v) is 10.7. The number of nitrogens with one attached hydrogen (secondary N) is 2. The molecule has 3 unspecified atom stereocenters. The van der Waals surface area contributed by atoms with E-state index < -0.39 is 17.6 Å². The van der Waals surface area contributed by atoms with Gasteiger partial charge in [0.1, 0.15) is 5.54 Å². The lowest BCUT2D eigenvalue weighted by atomic mass is 9.76. The third-order valence-corrected chi connectivity index (χ3v) is 3.54. The average Bonchev–Trinajstić information content (AvgIpc) is 2.27.